The molecular weight excluding hydrogens is 196 g/mol. The first-order chi connectivity index (χ1) is 6.72. The first kappa shape index (κ1) is 10.1. The molecule has 2 rings (SSSR count). The molecule has 1 aliphatic carbocycles. The van der Waals surface area contributed by atoms with Gasteiger partial charge in [-0.1, -0.05) is 24.8 Å². The van der Waals surface area contributed by atoms with E-state index in [9.17, 15) is 5.11 Å². The SMILES string of the molecule is CCCC1CC1(O)c1snnc1CC. The van der Waals surface area contributed by atoms with Crippen molar-refractivity contribution in [3.8, 4) is 0 Å². The van der Waals surface area contributed by atoms with E-state index < -0.39 is 5.60 Å². The molecule has 0 aliphatic heterocycles. The molecule has 1 aliphatic rings. The van der Waals surface area contributed by atoms with E-state index in [0.29, 0.717) is 5.92 Å². The number of aryl methyl sites for hydroxylation is 1. The van der Waals surface area contributed by atoms with Gasteiger partial charge in [0, 0.05) is 0 Å². The van der Waals surface area contributed by atoms with Crippen LogP contribution >= 0.6 is 11.5 Å². The summed E-state index contributed by atoms with van der Waals surface area (Å²) < 4.78 is 3.93. The van der Waals surface area contributed by atoms with Crippen LogP contribution in [0.3, 0.4) is 0 Å². The molecule has 78 valence electrons. The number of rotatable bonds is 4. The summed E-state index contributed by atoms with van der Waals surface area (Å²) in [4.78, 5) is 1.01. The Bertz CT molecular complexity index is 326. The van der Waals surface area contributed by atoms with Crippen LogP contribution in [0.25, 0.3) is 0 Å². The summed E-state index contributed by atoms with van der Waals surface area (Å²) in [6, 6.07) is 0. The normalized spacial score (nSPS) is 30.6. The van der Waals surface area contributed by atoms with Crippen molar-refractivity contribution in [2.24, 2.45) is 5.92 Å². The van der Waals surface area contributed by atoms with Crippen LogP contribution in [0.15, 0.2) is 0 Å². The van der Waals surface area contributed by atoms with Crippen LogP contribution in [0.1, 0.15) is 43.7 Å². The van der Waals surface area contributed by atoms with Crippen LogP contribution in [0, 0.1) is 5.92 Å². The number of hydrogen-bond donors (Lipinski definition) is 1. The Hall–Kier alpha value is -0.480. The van der Waals surface area contributed by atoms with Gasteiger partial charge in [-0.3, -0.25) is 0 Å². The van der Waals surface area contributed by atoms with Gasteiger partial charge in [0.05, 0.1) is 10.6 Å². The maximum absolute atomic E-state index is 10.3. The molecule has 2 unspecified atom stereocenters. The quantitative estimate of drug-likeness (QED) is 0.831. The van der Waals surface area contributed by atoms with Gasteiger partial charge in [0.1, 0.15) is 5.60 Å². The second-order valence-electron chi connectivity index (χ2n) is 4.02. The van der Waals surface area contributed by atoms with E-state index >= 15 is 0 Å². The zero-order valence-corrected chi connectivity index (χ0v) is 9.47. The van der Waals surface area contributed by atoms with Crippen molar-refractivity contribution in [1.29, 1.82) is 0 Å². The molecule has 1 fully saturated rings. The van der Waals surface area contributed by atoms with Gasteiger partial charge >= 0.3 is 0 Å². The third-order valence-corrected chi connectivity index (χ3v) is 3.93. The van der Waals surface area contributed by atoms with Crippen molar-refractivity contribution >= 4 is 11.5 Å². The highest BCUT2D eigenvalue weighted by molar-refractivity contribution is 7.05. The number of aromatic nitrogens is 2. The fraction of sp³-hybridized carbons (Fsp3) is 0.800. The summed E-state index contributed by atoms with van der Waals surface area (Å²) in [6.07, 6.45) is 4.02. The van der Waals surface area contributed by atoms with E-state index in [-0.39, 0.29) is 0 Å². The molecule has 0 spiro atoms. The first-order valence-corrected chi connectivity index (χ1v) is 6.03. The van der Waals surface area contributed by atoms with Gasteiger partial charge in [0.2, 0.25) is 0 Å². The third kappa shape index (κ3) is 1.46. The van der Waals surface area contributed by atoms with Crippen LogP contribution in [0.2, 0.25) is 0 Å². The Morgan fingerprint density at radius 1 is 1.57 bits per heavy atom. The van der Waals surface area contributed by atoms with Gasteiger partial charge in [-0.2, -0.15) is 0 Å². The molecule has 0 bridgehead atoms. The molecule has 14 heavy (non-hydrogen) atoms. The Balaban J connectivity index is 2.16. The van der Waals surface area contributed by atoms with Crippen LogP contribution in [-0.2, 0) is 12.0 Å². The van der Waals surface area contributed by atoms with Gasteiger partial charge in [-0.05, 0) is 36.7 Å². The smallest absolute Gasteiger partial charge is 0.106 e. The maximum atomic E-state index is 10.3. The van der Waals surface area contributed by atoms with Gasteiger partial charge in [-0.15, -0.1) is 5.10 Å². The van der Waals surface area contributed by atoms with E-state index in [1.807, 2.05) is 0 Å². The van der Waals surface area contributed by atoms with Crippen molar-refractivity contribution in [2.45, 2.75) is 45.1 Å². The zero-order chi connectivity index (χ0) is 10.2. The average Bonchev–Trinajstić information content (AvgIpc) is 2.68. The number of hydrogen-bond acceptors (Lipinski definition) is 4. The Morgan fingerprint density at radius 3 is 3.00 bits per heavy atom. The highest BCUT2D eigenvalue weighted by Crippen LogP contribution is 2.55. The van der Waals surface area contributed by atoms with Crippen molar-refractivity contribution in [3.05, 3.63) is 10.6 Å². The van der Waals surface area contributed by atoms with Crippen molar-refractivity contribution in [3.63, 3.8) is 0 Å². The van der Waals surface area contributed by atoms with Crippen LogP contribution in [-0.4, -0.2) is 14.7 Å². The predicted octanol–water partition coefficient (Wildman–Crippen LogP) is 2.11. The molecule has 1 aromatic rings. The minimum atomic E-state index is -0.574. The van der Waals surface area contributed by atoms with E-state index in [4.69, 9.17) is 0 Å². The molecule has 0 aromatic carbocycles. The summed E-state index contributed by atoms with van der Waals surface area (Å²) in [5, 5.41) is 14.4. The van der Waals surface area contributed by atoms with Gasteiger partial charge in [0.25, 0.3) is 0 Å². The molecule has 1 N–H and O–H groups in total. The first-order valence-electron chi connectivity index (χ1n) is 5.26. The minimum absolute atomic E-state index is 0.444. The fourth-order valence-electron chi connectivity index (χ4n) is 2.05. The highest BCUT2D eigenvalue weighted by Gasteiger charge is 2.55. The van der Waals surface area contributed by atoms with E-state index in [1.165, 1.54) is 11.5 Å². The van der Waals surface area contributed by atoms with Crippen LogP contribution in [0.4, 0.5) is 0 Å². The predicted molar refractivity (Wildman–Crippen MR) is 56.2 cm³/mol. The lowest BCUT2D eigenvalue weighted by atomic mass is 10.1. The van der Waals surface area contributed by atoms with Gasteiger partial charge in [0.15, 0.2) is 0 Å². The van der Waals surface area contributed by atoms with Crippen molar-refractivity contribution in [1.82, 2.24) is 9.59 Å². The molecule has 1 saturated carbocycles. The zero-order valence-electron chi connectivity index (χ0n) is 8.66. The van der Waals surface area contributed by atoms with E-state index in [1.54, 1.807) is 0 Å². The Labute approximate surface area is 88.3 Å². The summed E-state index contributed by atoms with van der Waals surface area (Å²) in [5.74, 6) is 0.444. The monoisotopic (exact) mass is 212 g/mol. The van der Waals surface area contributed by atoms with Crippen LogP contribution < -0.4 is 0 Å². The molecule has 1 aromatic heterocycles. The topological polar surface area (TPSA) is 46.0 Å². The van der Waals surface area contributed by atoms with Crippen molar-refractivity contribution < 1.29 is 5.11 Å². The van der Waals surface area contributed by atoms with Gasteiger partial charge < -0.3 is 5.11 Å². The molecule has 2 atom stereocenters. The second kappa shape index (κ2) is 3.59. The maximum Gasteiger partial charge on any atom is 0.106 e. The van der Waals surface area contributed by atoms with Crippen molar-refractivity contribution in [2.75, 3.05) is 0 Å². The summed E-state index contributed by atoms with van der Waals surface area (Å²) in [5.41, 5.74) is 0.409. The molecule has 0 radical (unpaired) electrons. The standard InChI is InChI=1S/C10H16N2OS/c1-3-5-7-6-10(7,13)9-8(4-2)11-12-14-9/h7,13H,3-6H2,1-2H3. The van der Waals surface area contributed by atoms with E-state index in [0.717, 1.165) is 36.3 Å². The highest BCUT2D eigenvalue weighted by atomic mass is 32.1. The molecule has 3 nitrogen and oxygen atoms in total. The third-order valence-electron chi connectivity index (χ3n) is 2.99. The molecular formula is C10H16N2OS. The fourth-order valence-corrected chi connectivity index (χ4v) is 2.97. The second-order valence-corrected chi connectivity index (χ2v) is 4.77. The Kier molecular flexibility index (Phi) is 2.58. The molecule has 0 amide bonds. The molecule has 1 heterocycles. The lowest BCUT2D eigenvalue weighted by molar-refractivity contribution is 0.132. The van der Waals surface area contributed by atoms with E-state index in [2.05, 4.69) is 23.4 Å². The van der Waals surface area contributed by atoms with Gasteiger partial charge in [-0.25, -0.2) is 0 Å². The largest absolute Gasteiger partial charge is 0.384 e. The average molecular weight is 212 g/mol. The number of nitrogens with zero attached hydrogens (tertiary/aromatic N) is 2. The summed E-state index contributed by atoms with van der Waals surface area (Å²) >= 11 is 1.36. The lowest BCUT2D eigenvalue weighted by Crippen LogP contribution is -2.09. The Morgan fingerprint density at radius 2 is 2.36 bits per heavy atom. The summed E-state index contributed by atoms with van der Waals surface area (Å²) in [7, 11) is 0. The summed E-state index contributed by atoms with van der Waals surface area (Å²) in [6.45, 7) is 4.21. The minimum Gasteiger partial charge on any atom is -0.384 e. The molecule has 0 saturated heterocycles. The molecule has 4 heteroatoms. The lowest BCUT2D eigenvalue weighted by Gasteiger charge is -2.07. The van der Waals surface area contributed by atoms with Crippen LogP contribution in [0.5, 0.6) is 0 Å². The number of aliphatic hydroxyl groups is 1.